The number of aromatic amines is 1. The van der Waals surface area contributed by atoms with E-state index < -0.39 is 5.97 Å². The Morgan fingerprint density at radius 1 is 0.919 bits per heavy atom. The van der Waals surface area contributed by atoms with Crippen molar-refractivity contribution in [3.8, 4) is 22.8 Å². The molecule has 0 radical (unpaired) electrons. The van der Waals surface area contributed by atoms with Crippen LogP contribution >= 0.6 is 0 Å². The van der Waals surface area contributed by atoms with Crippen molar-refractivity contribution in [3.63, 3.8) is 0 Å². The van der Waals surface area contributed by atoms with Gasteiger partial charge in [-0.1, -0.05) is 72.8 Å². The third kappa shape index (κ3) is 5.78. The molecular formula is C30H27N3O4. The van der Waals surface area contributed by atoms with Crippen LogP contribution in [0.2, 0.25) is 0 Å². The Balaban J connectivity index is 1.47. The largest absolute Gasteiger partial charge is 0.494 e. The van der Waals surface area contributed by atoms with E-state index >= 15 is 0 Å². The van der Waals surface area contributed by atoms with Gasteiger partial charge in [0.1, 0.15) is 11.4 Å². The molecule has 0 fully saturated rings. The number of rotatable bonds is 10. The van der Waals surface area contributed by atoms with Gasteiger partial charge in [-0.3, -0.25) is 14.2 Å². The number of benzene rings is 3. The second-order valence-corrected chi connectivity index (χ2v) is 8.90. The molecule has 0 atom stereocenters. The fourth-order valence-electron chi connectivity index (χ4n) is 4.33. The van der Waals surface area contributed by atoms with Gasteiger partial charge in [0, 0.05) is 25.5 Å². The Hall–Kier alpha value is -4.65. The standard InChI is InChI=1S/C30H27N3O4/c34-28(35)15-8-16-37-24-14-7-11-22(17-24)19-26-30(36)33-20-27(23-12-5-2-6-13-23)31-25(29(33)32-26)18-21-9-3-1-4-10-21/h1-7,9-14,17,20,31H,8,15-16,18-19H2,(H,34,35). The van der Waals surface area contributed by atoms with Crippen molar-refractivity contribution in [2.24, 2.45) is 0 Å². The van der Waals surface area contributed by atoms with E-state index in [1.54, 1.807) is 4.57 Å². The van der Waals surface area contributed by atoms with Gasteiger partial charge in [-0.05, 0) is 35.2 Å². The lowest BCUT2D eigenvalue weighted by Crippen LogP contribution is -2.17. The first-order valence-electron chi connectivity index (χ1n) is 12.2. The number of hydrogen-bond acceptors (Lipinski definition) is 4. The van der Waals surface area contributed by atoms with E-state index in [0.29, 0.717) is 43.1 Å². The maximum atomic E-state index is 13.5. The molecule has 2 N–H and O–H groups in total. The highest BCUT2D eigenvalue weighted by Crippen LogP contribution is 2.24. The smallest absolute Gasteiger partial charge is 0.303 e. The number of fused-ring (bicyclic) bond motifs is 1. The van der Waals surface area contributed by atoms with Crippen LogP contribution in [-0.4, -0.2) is 32.2 Å². The average molecular weight is 494 g/mol. The molecule has 37 heavy (non-hydrogen) atoms. The summed E-state index contributed by atoms with van der Waals surface area (Å²) < 4.78 is 7.34. The number of carboxylic acid groups (broad SMARTS) is 1. The molecule has 0 aliphatic carbocycles. The molecule has 0 unspecified atom stereocenters. The first-order valence-corrected chi connectivity index (χ1v) is 12.2. The minimum absolute atomic E-state index is 0.0633. The van der Waals surface area contributed by atoms with E-state index in [0.717, 1.165) is 28.1 Å². The summed E-state index contributed by atoms with van der Waals surface area (Å²) in [7, 11) is 0. The summed E-state index contributed by atoms with van der Waals surface area (Å²) in [5.74, 6) is 0.416. The zero-order valence-electron chi connectivity index (χ0n) is 20.3. The lowest BCUT2D eigenvalue weighted by molar-refractivity contribution is -0.137. The van der Waals surface area contributed by atoms with Crippen LogP contribution < -0.4 is 10.3 Å². The Morgan fingerprint density at radius 3 is 2.41 bits per heavy atom. The third-order valence-corrected chi connectivity index (χ3v) is 6.13. The molecule has 2 aliphatic heterocycles. The summed E-state index contributed by atoms with van der Waals surface area (Å²) in [6.45, 7) is 0.317. The van der Waals surface area contributed by atoms with E-state index in [4.69, 9.17) is 14.8 Å². The molecule has 0 aromatic heterocycles. The first-order chi connectivity index (χ1) is 18.1. The van der Waals surface area contributed by atoms with E-state index in [1.165, 1.54) is 0 Å². The molecular weight excluding hydrogens is 466 g/mol. The number of carboxylic acids is 1. The second-order valence-electron chi connectivity index (χ2n) is 8.90. The molecule has 2 aliphatic rings. The minimum Gasteiger partial charge on any atom is -0.494 e. The molecule has 3 aromatic rings. The fraction of sp³-hybridized carbons (Fsp3) is 0.167. The summed E-state index contributed by atoms with van der Waals surface area (Å²) in [5.41, 5.74) is 5.02. The molecule has 7 heteroatoms. The summed E-state index contributed by atoms with van der Waals surface area (Å²) in [6.07, 6.45) is 3.29. The molecule has 7 nitrogen and oxygen atoms in total. The molecule has 0 amide bonds. The summed E-state index contributed by atoms with van der Waals surface area (Å²) in [4.78, 5) is 32.5. The lowest BCUT2D eigenvalue weighted by Gasteiger charge is -2.13. The Labute approximate surface area is 214 Å². The lowest BCUT2D eigenvalue weighted by atomic mass is 10.1. The van der Waals surface area contributed by atoms with Crippen LogP contribution in [0, 0.1) is 0 Å². The number of aliphatic carboxylic acids is 1. The van der Waals surface area contributed by atoms with Crippen LogP contribution in [0.25, 0.3) is 17.1 Å². The molecule has 0 bridgehead atoms. The number of nitrogens with zero attached hydrogens (tertiary/aromatic N) is 2. The van der Waals surface area contributed by atoms with Crippen molar-refractivity contribution in [1.82, 2.24) is 14.5 Å². The molecule has 186 valence electrons. The van der Waals surface area contributed by atoms with Crippen LogP contribution in [-0.2, 0) is 17.6 Å². The molecule has 0 saturated heterocycles. The van der Waals surface area contributed by atoms with Crippen molar-refractivity contribution in [2.75, 3.05) is 6.61 Å². The highest BCUT2D eigenvalue weighted by atomic mass is 16.5. The molecule has 5 rings (SSSR count). The number of hydrogen-bond donors (Lipinski definition) is 2. The Morgan fingerprint density at radius 2 is 1.65 bits per heavy atom. The van der Waals surface area contributed by atoms with Crippen LogP contribution in [0.3, 0.4) is 0 Å². The summed E-state index contributed by atoms with van der Waals surface area (Å²) >= 11 is 0. The van der Waals surface area contributed by atoms with E-state index in [2.05, 4.69) is 17.1 Å². The average Bonchev–Trinajstić information content (AvgIpc) is 3.23. The molecule has 0 saturated carbocycles. The predicted octanol–water partition coefficient (Wildman–Crippen LogP) is 5.09. The van der Waals surface area contributed by atoms with Gasteiger partial charge in [-0.25, -0.2) is 4.98 Å². The summed E-state index contributed by atoms with van der Waals surface area (Å²) in [5, 5.41) is 8.79. The SMILES string of the molecule is O=C(O)CCCOc1cccc(Cc2nc3c(Cc4ccccc4)[nH]c(-c4ccccc4)cn-3c2=O)c1. The Bertz CT molecular complexity index is 1520. The van der Waals surface area contributed by atoms with Gasteiger partial charge in [0.05, 0.1) is 18.0 Å². The monoisotopic (exact) mass is 493 g/mol. The van der Waals surface area contributed by atoms with Crippen LogP contribution in [0.15, 0.2) is 95.9 Å². The zero-order valence-corrected chi connectivity index (χ0v) is 20.3. The topological polar surface area (TPSA) is 97.2 Å². The third-order valence-electron chi connectivity index (χ3n) is 6.13. The van der Waals surface area contributed by atoms with Crippen molar-refractivity contribution in [3.05, 3.63) is 124 Å². The van der Waals surface area contributed by atoms with E-state index in [9.17, 15) is 9.59 Å². The van der Waals surface area contributed by atoms with Gasteiger partial charge in [0.2, 0.25) is 0 Å². The highest BCUT2D eigenvalue weighted by Gasteiger charge is 2.20. The van der Waals surface area contributed by atoms with Gasteiger partial charge in [-0.2, -0.15) is 0 Å². The predicted molar refractivity (Wildman–Crippen MR) is 142 cm³/mol. The zero-order chi connectivity index (χ0) is 25.6. The molecule has 3 aromatic carbocycles. The first kappa shape index (κ1) is 24.1. The quantitative estimate of drug-likeness (QED) is 0.264. The van der Waals surface area contributed by atoms with Crippen LogP contribution in [0.5, 0.6) is 5.75 Å². The number of carbonyl (C=O) groups is 1. The summed E-state index contributed by atoms with van der Waals surface area (Å²) in [6, 6.07) is 27.5. The van der Waals surface area contributed by atoms with Gasteiger partial charge < -0.3 is 14.8 Å². The van der Waals surface area contributed by atoms with Crippen molar-refractivity contribution in [1.29, 1.82) is 0 Å². The second kappa shape index (κ2) is 11.0. The highest BCUT2D eigenvalue weighted by molar-refractivity contribution is 5.66. The van der Waals surface area contributed by atoms with Gasteiger partial charge in [0.25, 0.3) is 5.56 Å². The number of H-pyrrole nitrogens is 1. The van der Waals surface area contributed by atoms with Gasteiger partial charge >= 0.3 is 5.97 Å². The normalized spacial score (nSPS) is 11.0. The molecule has 2 heterocycles. The van der Waals surface area contributed by atoms with Crippen LogP contribution in [0.1, 0.15) is 35.4 Å². The maximum Gasteiger partial charge on any atom is 0.303 e. The van der Waals surface area contributed by atoms with E-state index in [1.807, 2.05) is 79.0 Å². The van der Waals surface area contributed by atoms with Crippen molar-refractivity contribution < 1.29 is 14.6 Å². The van der Waals surface area contributed by atoms with Gasteiger partial charge in [0.15, 0.2) is 5.82 Å². The van der Waals surface area contributed by atoms with Gasteiger partial charge in [-0.15, -0.1) is 0 Å². The minimum atomic E-state index is -0.841. The number of imidazole rings is 1. The molecule has 0 spiro atoms. The number of ether oxygens (including phenoxy) is 1. The van der Waals surface area contributed by atoms with Crippen LogP contribution in [0.4, 0.5) is 0 Å². The Kier molecular flexibility index (Phi) is 7.12. The van der Waals surface area contributed by atoms with Crippen molar-refractivity contribution in [2.45, 2.75) is 25.7 Å². The number of nitrogens with one attached hydrogen (secondary N) is 1. The fourth-order valence-corrected chi connectivity index (χ4v) is 4.33. The van der Waals surface area contributed by atoms with Crippen molar-refractivity contribution >= 4 is 5.97 Å². The number of aromatic nitrogens is 3. The maximum absolute atomic E-state index is 13.5. The van der Waals surface area contributed by atoms with E-state index in [-0.39, 0.29) is 12.0 Å².